The minimum absolute atomic E-state index is 0.0185. The van der Waals surface area contributed by atoms with Crippen LogP contribution in [0.4, 0.5) is 0 Å². The van der Waals surface area contributed by atoms with Gasteiger partial charge in [-0.1, -0.05) is 32.9 Å². The second kappa shape index (κ2) is 8.93. The Labute approximate surface area is 183 Å². The Bertz CT molecular complexity index is 690. The van der Waals surface area contributed by atoms with Gasteiger partial charge in [0.2, 0.25) is 0 Å². The van der Waals surface area contributed by atoms with Gasteiger partial charge in [0.25, 0.3) is 0 Å². The lowest BCUT2D eigenvalue weighted by Gasteiger charge is -2.59. The van der Waals surface area contributed by atoms with Gasteiger partial charge in [-0.15, -0.1) is 0 Å². The van der Waals surface area contributed by atoms with E-state index >= 15 is 0 Å². The van der Waals surface area contributed by atoms with Crippen LogP contribution >= 0.6 is 0 Å². The molecular formula is C27H42O3. The highest BCUT2D eigenvalue weighted by molar-refractivity contribution is 5.76. The molecule has 1 unspecified atom stereocenters. The summed E-state index contributed by atoms with van der Waals surface area (Å²) in [5.74, 6) is 4.06. The Morgan fingerprint density at radius 2 is 1.57 bits per heavy atom. The molecule has 1 aromatic carbocycles. The molecule has 4 aliphatic carbocycles. The summed E-state index contributed by atoms with van der Waals surface area (Å²) in [6, 6.07) is 7.43. The molecule has 0 aliphatic heterocycles. The van der Waals surface area contributed by atoms with Gasteiger partial charge in [-0.3, -0.25) is 4.79 Å². The highest BCUT2D eigenvalue weighted by atomic mass is 16.6. The van der Waals surface area contributed by atoms with Crippen molar-refractivity contribution in [3.8, 4) is 5.75 Å². The van der Waals surface area contributed by atoms with Crippen molar-refractivity contribution in [2.75, 3.05) is 0 Å². The number of hydrogen-bond donors (Lipinski definition) is 1. The van der Waals surface area contributed by atoms with E-state index in [0.717, 1.165) is 24.7 Å². The fourth-order valence-corrected chi connectivity index (χ4v) is 5.81. The topological polar surface area (TPSA) is 46.5 Å². The monoisotopic (exact) mass is 414 g/mol. The lowest BCUT2D eigenvalue weighted by molar-refractivity contribution is -0.211. The van der Waals surface area contributed by atoms with Crippen LogP contribution in [0.5, 0.6) is 5.75 Å². The first-order valence-electron chi connectivity index (χ1n) is 12.1. The summed E-state index contributed by atoms with van der Waals surface area (Å²) >= 11 is 0. The van der Waals surface area contributed by atoms with Crippen LogP contribution in [0.2, 0.25) is 0 Å². The van der Waals surface area contributed by atoms with E-state index in [9.17, 15) is 4.79 Å². The van der Waals surface area contributed by atoms with Gasteiger partial charge in [0.1, 0.15) is 11.4 Å². The first-order chi connectivity index (χ1) is 14.1. The zero-order chi connectivity index (χ0) is 22.1. The van der Waals surface area contributed by atoms with E-state index < -0.39 is 0 Å². The molecule has 3 nitrogen and oxygen atoms in total. The third kappa shape index (κ3) is 4.70. The first kappa shape index (κ1) is 23.2. The van der Waals surface area contributed by atoms with Gasteiger partial charge in [0.05, 0.1) is 5.41 Å². The lowest BCUT2D eigenvalue weighted by Crippen LogP contribution is -2.58. The standard InChI is InChI=1S/C17H28O2.C10H14O/c1-5-16(2,3)15(18)19-17(4)13-7-11-6-12(9-13)10-14(17)8-11;1-3-8(2)9-4-6-10(11)7-5-9/h11-14H,5-10H2,1-4H3;4-8,11H,3H2,1-2H3. The van der Waals surface area contributed by atoms with Gasteiger partial charge in [-0.05, 0) is 113 Å². The fourth-order valence-electron chi connectivity index (χ4n) is 5.81. The Kier molecular flexibility index (Phi) is 6.89. The summed E-state index contributed by atoms with van der Waals surface area (Å²) in [7, 11) is 0. The first-order valence-corrected chi connectivity index (χ1v) is 12.1. The molecule has 4 saturated carbocycles. The molecule has 0 aromatic heterocycles. The summed E-state index contributed by atoms with van der Waals surface area (Å²) in [5, 5.41) is 9.01. The van der Waals surface area contributed by atoms with Crippen molar-refractivity contribution < 1.29 is 14.6 Å². The van der Waals surface area contributed by atoms with Gasteiger partial charge in [-0.25, -0.2) is 0 Å². The van der Waals surface area contributed by atoms with Gasteiger partial charge in [0.15, 0.2) is 0 Å². The third-order valence-electron chi connectivity index (χ3n) is 8.58. The number of phenols is 1. The average Bonchev–Trinajstić information content (AvgIpc) is 2.72. The molecular weight excluding hydrogens is 372 g/mol. The molecule has 0 amide bonds. The molecule has 1 aromatic rings. The van der Waals surface area contributed by atoms with Gasteiger partial charge in [0, 0.05) is 0 Å². The summed E-state index contributed by atoms with van der Waals surface area (Å²) in [5.41, 5.74) is 0.791. The minimum atomic E-state index is -0.336. The number of carbonyl (C=O) groups excluding carboxylic acids is 1. The number of esters is 1. The van der Waals surface area contributed by atoms with E-state index in [1.807, 2.05) is 26.0 Å². The van der Waals surface area contributed by atoms with Gasteiger partial charge >= 0.3 is 5.97 Å². The lowest BCUT2D eigenvalue weighted by atomic mass is 9.50. The largest absolute Gasteiger partial charge is 0.508 e. The number of carbonyl (C=O) groups is 1. The van der Waals surface area contributed by atoms with E-state index in [2.05, 4.69) is 27.7 Å². The normalized spacial score (nSPS) is 32.9. The Morgan fingerprint density at radius 3 is 2.00 bits per heavy atom. The molecule has 168 valence electrons. The molecule has 0 heterocycles. The Morgan fingerprint density at radius 1 is 1.07 bits per heavy atom. The smallest absolute Gasteiger partial charge is 0.312 e. The van der Waals surface area contributed by atoms with Crippen LogP contribution in [0.15, 0.2) is 24.3 Å². The zero-order valence-electron chi connectivity index (χ0n) is 19.9. The molecule has 30 heavy (non-hydrogen) atoms. The van der Waals surface area contributed by atoms with E-state index in [0.29, 0.717) is 23.5 Å². The van der Waals surface area contributed by atoms with Crippen molar-refractivity contribution in [2.24, 2.45) is 29.1 Å². The molecule has 1 atom stereocenters. The average molecular weight is 415 g/mol. The van der Waals surface area contributed by atoms with Gasteiger partial charge < -0.3 is 9.84 Å². The second-order valence-corrected chi connectivity index (χ2v) is 11.0. The predicted molar refractivity (Wildman–Crippen MR) is 122 cm³/mol. The van der Waals surface area contributed by atoms with Crippen LogP contribution in [-0.2, 0) is 9.53 Å². The summed E-state index contributed by atoms with van der Waals surface area (Å²) < 4.78 is 6.13. The molecule has 0 spiro atoms. The fraction of sp³-hybridized carbons (Fsp3) is 0.741. The molecule has 0 saturated heterocycles. The SMILES string of the molecule is CCC(C)(C)C(=O)OC1(C)C2CC3CC(C2)CC1C3.CCC(C)c1ccc(O)cc1. The number of phenolic OH excluding ortho intramolecular Hbond substituents is 1. The Balaban J connectivity index is 0.000000199. The maximum absolute atomic E-state index is 12.5. The zero-order valence-corrected chi connectivity index (χ0v) is 19.9. The summed E-state index contributed by atoms with van der Waals surface area (Å²) in [6.07, 6.45) is 8.62. The highest BCUT2D eigenvalue weighted by Gasteiger charge is 2.57. The minimum Gasteiger partial charge on any atom is -0.508 e. The molecule has 1 N–H and O–H groups in total. The van der Waals surface area contributed by atoms with Crippen molar-refractivity contribution in [1.29, 1.82) is 0 Å². The number of hydrogen-bond acceptors (Lipinski definition) is 3. The quantitative estimate of drug-likeness (QED) is 0.523. The van der Waals surface area contributed by atoms with E-state index in [4.69, 9.17) is 9.84 Å². The van der Waals surface area contributed by atoms with Crippen molar-refractivity contribution in [3.05, 3.63) is 29.8 Å². The summed E-state index contributed by atoms with van der Waals surface area (Å²) in [6.45, 7) is 12.7. The van der Waals surface area contributed by atoms with Crippen LogP contribution in [0.25, 0.3) is 0 Å². The second-order valence-electron chi connectivity index (χ2n) is 11.0. The van der Waals surface area contributed by atoms with E-state index in [1.165, 1.54) is 37.7 Å². The van der Waals surface area contributed by atoms with Crippen LogP contribution in [0, 0.1) is 29.1 Å². The van der Waals surface area contributed by atoms with Gasteiger partial charge in [-0.2, -0.15) is 0 Å². The Hall–Kier alpha value is -1.51. The van der Waals surface area contributed by atoms with Crippen molar-refractivity contribution >= 4 is 5.97 Å². The molecule has 0 radical (unpaired) electrons. The van der Waals surface area contributed by atoms with Crippen LogP contribution in [-0.4, -0.2) is 16.7 Å². The number of benzene rings is 1. The van der Waals surface area contributed by atoms with Crippen LogP contribution in [0.1, 0.15) is 98.0 Å². The maximum atomic E-state index is 12.5. The van der Waals surface area contributed by atoms with E-state index in [1.54, 1.807) is 12.1 Å². The van der Waals surface area contributed by atoms with Crippen molar-refractivity contribution in [2.45, 2.75) is 98.0 Å². The molecule has 5 rings (SSSR count). The number of rotatable bonds is 5. The molecule has 4 bridgehead atoms. The third-order valence-corrected chi connectivity index (χ3v) is 8.58. The predicted octanol–water partition coefficient (Wildman–Crippen LogP) is 7.09. The number of aromatic hydroxyl groups is 1. The maximum Gasteiger partial charge on any atom is 0.312 e. The molecule has 3 heteroatoms. The molecule has 4 fully saturated rings. The van der Waals surface area contributed by atoms with Crippen LogP contribution < -0.4 is 0 Å². The van der Waals surface area contributed by atoms with Crippen molar-refractivity contribution in [1.82, 2.24) is 0 Å². The summed E-state index contributed by atoms with van der Waals surface area (Å²) in [4.78, 5) is 12.5. The highest BCUT2D eigenvalue weighted by Crippen LogP contribution is 2.59. The molecule has 4 aliphatic rings. The van der Waals surface area contributed by atoms with Crippen molar-refractivity contribution in [3.63, 3.8) is 0 Å². The number of ether oxygens (including phenoxy) is 1. The van der Waals surface area contributed by atoms with E-state index in [-0.39, 0.29) is 17.0 Å². The van der Waals surface area contributed by atoms with Crippen LogP contribution in [0.3, 0.4) is 0 Å².